The third-order valence-corrected chi connectivity index (χ3v) is 3.76. The molecule has 114 valence electrons. The zero-order valence-electron chi connectivity index (χ0n) is 11.9. The van der Waals surface area contributed by atoms with Crippen LogP contribution in [0, 0.1) is 10.1 Å². The standard InChI is InChI=1S/C14H19N3O4/c1-2-10-3-4-11(9-12(10)17(19)20)16-13(18)14(15)5-7-21-8-6-14/h3-4,9H,2,5-8,15H2,1H3,(H,16,18). The van der Waals surface area contributed by atoms with Gasteiger partial charge in [-0.15, -0.1) is 0 Å². The predicted molar refractivity (Wildman–Crippen MR) is 78.1 cm³/mol. The minimum atomic E-state index is -0.976. The van der Waals surface area contributed by atoms with Gasteiger partial charge >= 0.3 is 0 Å². The molecule has 2 rings (SSSR count). The fraction of sp³-hybridized carbons (Fsp3) is 0.500. The van der Waals surface area contributed by atoms with E-state index in [-0.39, 0.29) is 11.6 Å². The highest BCUT2D eigenvalue weighted by Gasteiger charge is 2.36. The molecule has 1 amide bonds. The summed E-state index contributed by atoms with van der Waals surface area (Å²) in [7, 11) is 0. The van der Waals surface area contributed by atoms with Crippen molar-refractivity contribution >= 4 is 17.3 Å². The average molecular weight is 293 g/mol. The van der Waals surface area contributed by atoms with E-state index in [9.17, 15) is 14.9 Å². The third-order valence-electron chi connectivity index (χ3n) is 3.76. The average Bonchev–Trinajstić information content (AvgIpc) is 2.47. The van der Waals surface area contributed by atoms with Gasteiger partial charge in [-0.25, -0.2) is 0 Å². The van der Waals surface area contributed by atoms with Gasteiger partial charge in [-0.1, -0.05) is 13.0 Å². The van der Waals surface area contributed by atoms with Crippen LogP contribution in [-0.2, 0) is 16.0 Å². The molecule has 1 saturated heterocycles. The lowest BCUT2D eigenvalue weighted by Crippen LogP contribution is -2.54. The molecular formula is C14H19N3O4. The Morgan fingerprint density at radius 2 is 2.14 bits per heavy atom. The van der Waals surface area contributed by atoms with E-state index in [1.165, 1.54) is 6.07 Å². The summed E-state index contributed by atoms with van der Waals surface area (Å²) in [5, 5.41) is 13.7. The van der Waals surface area contributed by atoms with Crippen LogP contribution >= 0.6 is 0 Å². The first-order chi connectivity index (χ1) is 9.96. The van der Waals surface area contributed by atoms with Crippen LogP contribution in [0.2, 0.25) is 0 Å². The molecule has 1 fully saturated rings. The topological polar surface area (TPSA) is 107 Å². The highest BCUT2D eigenvalue weighted by molar-refractivity contribution is 5.98. The number of carbonyl (C=O) groups excluding carboxylic acids is 1. The van der Waals surface area contributed by atoms with E-state index in [1.54, 1.807) is 12.1 Å². The molecule has 0 spiro atoms. The van der Waals surface area contributed by atoms with Crippen LogP contribution in [0.1, 0.15) is 25.3 Å². The van der Waals surface area contributed by atoms with E-state index in [0.29, 0.717) is 43.7 Å². The normalized spacial score (nSPS) is 17.2. The third kappa shape index (κ3) is 3.37. The molecule has 7 heteroatoms. The van der Waals surface area contributed by atoms with Crippen LogP contribution in [-0.4, -0.2) is 29.6 Å². The SMILES string of the molecule is CCc1ccc(NC(=O)C2(N)CCOCC2)cc1[N+](=O)[O-]. The lowest BCUT2D eigenvalue weighted by atomic mass is 9.90. The Labute approximate surface area is 122 Å². The molecule has 0 unspecified atom stereocenters. The van der Waals surface area contributed by atoms with Crippen molar-refractivity contribution in [1.82, 2.24) is 0 Å². The highest BCUT2D eigenvalue weighted by Crippen LogP contribution is 2.25. The second-order valence-electron chi connectivity index (χ2n) is 5.18. The lowest BCUT2D eigenvalue weighted by Gasteiger charge is -2.31. The molecule has 1 heterocycles. The highest BCUT2D eigenvalue weighted by atomic mass is 16.6. The van der Waals surface area contributed by atoms with Gasteiger partial charge in [-0.3, -0.25) is 14.9 Å². The molecule has 0 atom stereocenters. The number of benzene rings is 1. The van der Waals surface area contributed by atoms with Crippen LogP contribution in [0.25, 0.3) is 0 Å². The monoisotopic (exact) mass is 293 g/mol. The van der Waals surface area contributed by atoms with Crippen molar-refractivity contribution in [3.05, 3.63) is 33.9 Å². The Balaban J connectivity index is 2.17. The Morgan fingerprint density at radius 1 is 1.48 bits per heavy atom. The van der Waals surface area contributed by atoms with Gasteiger partial charge in [0.05, 0.1) is 4.92 Å². The lowest BCUT2D eigenvalue weighted by molar-refractivity contribution is -0.385. The van der Waals surface area contributed by atoms with E-state index < -0.39 is 10.5 Å². The van der Waals surface area contributed by atoms with Crippen LogP contribution < -0.4 is 11.1 Å². The molecule has 7 nitrogen and oxygen atoms in total. The van der Waals surface area contributed by atoms with Gasteiger partial charge < -0.3 is 15.8 Å². The molecule has 1 aromatic carbocycles. The fourth-order valence-corrected chi connectivity index (χ4v) is 2.33. The van der Waals surface area contributed by atoms with Crippen LogP contribution in [0.3, 0.4) is 0 Å². The molecule has 1 aliphatic heterocycles. The van der Waals surface area contributed by atoms with Crippen molar-refractivity contribution in [3.8, 4) is 0 Å². The maximum atomic E-state index is 12.3. The molecule has 0 saturated carbocycles. The number of carbonyl (C=O) groups is 1. The zero-order valence-corrected chi connectivity index (χ0v) is 11.9. The molecule has 3 N–H and O–H groups in total. The molecule has 0 aliphatic carbocycles. The van der Waals surface area contributed by atoms with Gasteiger partial charge in [0.15, 0.2) is 0 Å². The summed E-state index contributed by atoms with van der Waals surface area (Å²) in [6, 6.07) is 4.69. The Bertz CT molecular complexity index is 553. The number of anilines is 1. The van der Waals surface area contributed by atoms with Crippen molar-refractivity contribution in [1.29, 1.82) is 0 Å². The number of amides is 1. The molecule has 0 bridgehead atoms. The Kier molecular flexibility index (Phi) is 4.54. The number of nitrogens with two attached hydrogens (primary N) is 1. The number of aryl methyl sites for hydroxylation is 1. The Morgan fingerprint density at radius 3 is 2.71 bits per heavy atom. The quantitative estimate of drug-likeness (QED) is 0.647. The van der Waals surface area contributed by atoms with Gasteiger partial charge in [0.2, 0.25) is 5.91 Å². The summed E-state index contributed by atoms with van der Waals surface area (Å²) in [5.41, 5.74) is 6.13. The zero-order chi connectivity index (χ0) is 15.5. The van der Waals surface area contributed by atoms with Crippen LogP contribution in [0.5, 0.6) is 0 Å². The summed E-state index contributed by atoms with van der Waals surface area (Å²) >= 11 is 0. The maximum Gasteiger partial charge on any atom is 0.274 e. The first kappa shape index (κ1) is 15.4. The van der Waals surface area contributed by atoms with E-state index in [1.807, 2.05) is 6.92 Å². The first-order valence-corrected chi connectivity index (χ1v) is 6.91. The number of nitro groups is 1. The number of nitrogens with zero attached hydrogens (tertiary/aromatic N) is 1. The van der Waals surface area contributed by atoms with Crippen molar-refractivity contribution < 1.29 is 14.5 Å². The van der Waals surface area contributed by atoms with Gasteiger partial charge in [-0.2, -0.15) is 0 Å². The fourth-order valence-electron chi connectivity index (χ4n) is 2.33. The van der Waals surface area contributed by atoms with Gasteiger partial charge in [0.1, 0.15) is 5.54 Å². The second kappa shape index (κ2) is 6.19. The maximum absolute atomic E-state index is 12.3. The van der Waals surface area contributed by atoms with Gasteiger partial charge in [-0.05, 0) is 25.3 Å². The molecule has 1 aliphatic rings. The Hall–Kier alpha value is -1.99. The summed E-state index contributed by atoms with van der Waals surface area (Å²) in [5.74, 6) is -0.329. The number of rotatable bonds is 4. The van der Waals surface area contributed by atoms with Crippen molar-refractivity contribution in [2.75, 3.05) is 18.5 Å². The molecule has 1 aromatic rings. The minimum absolute atomic E-state index is 0.00773. The van der Waals surface area contributed by atoms with Crippen LogP contribution in [0.4, 0.5) is 11.4 Å². The minimum Gasteiger partial charge on any atom is -0.381 e. The molecular weight excluding hydrogens is 274 g/mol. The molecule has 21 heavy (non-hydrogen) atoms. The van der Waals surface area contributed by atoms with E-state index >= 15 is 0 Å². The second-order valence-corrected chi connectivity index (χ2v) is 5.18. The summed E-state index contributed by atoms with van der Waals surface area (Å²) in [6.45, 7) is 2.73. The molecule has 0 radical (unpaired) electrons. The van der Waals surface area contributed by atoms with E-state index in [0.717, 1.165) is 0 Å². The van der Waals surface area contributed by atoms with Crippen LogP contribution in [0.15, 0.2) is 18.2 Å². The number of hydrogen-bond acceptors (Lipinski definition) is 5. The largest absolute Gasteiger partial charge is 0.381 e. The van der Waals surface area contributed by atoms with Crippen molar-refractivity contribution in [3.63, 3.8) is 0 Å². The number of nitrogens with one attached hydrogen (secondary N) is 1. The van der Waals surface area contributed by atoms with Crippen molar-refractivity contribution in [2.24, 2.45) is 5.73 Å². The number of hydrogen-bond donors (Lipinski definition) is 2. The number of ether oxygens (including phenoxy) is 1. The smallest absolute Gasteiger partial charge is 0.274 e. The van der Waals surface area contributed by atoms with E-state index in [2.05, 4.69) is 5.32 Å². The number of nitro benzene ring substituents is 1. The first-order valence-electron chi connectivity index (χ1n) is 6.91. The summed E-state index contributed by atoms with van der Waals surface area (Å²) in [6.07, 6.45) is 1.44. The summed E-state index contributed by atoms with van der Waals surface area (Å²) in [4.78, 5) is 22.9. The van der Waals surface area contributed by atoms with E-state index in [4.69, 9.17) is 10.5 Å². The predicted octanol–water partition coefficient (Wildman–Crippen LogP) is 1.60. The van der Waals surface area contributed by atoms with Gasteiger partial charge in [0, 0.05) is 30.5 Å². The molecule has 0 aromatic heterocycles. The van der Waals surface area contributed by atoms with Gasteiger partial charge in [0.25, 0.3) is 5.69 Å². The summed E-state index contributed by atoms with van der Waals surface area (Å²) < 4.78 is 5.20. The van der Waals surface area contributed by atoms with Crippen molar-refractivity contribution in [2.45, 2.75) is 31.7 Å².